The minimum Gasteiger partial charge on any atom is -0.462 e. The number of carbonyl (C=O) groups excluding carboxylic acids is 2. The van der Waals surface area contributed by atoms with Crippen molar-refractivity contribution < 1.29 is 47.9 Å². The van der Waals surface area contributed by atoms with Gasteiger partial charge in [-0.15, -0.1) is 0 Å². The molecule has 0 radical (unpaired) electrons. The second kappa shape index (κ2) is 16.8. The highest BCUT2D eigenvalue weighted by atomic mass is 16.7. The van der Waals surface area contributed by atoms with Crippen LogP contribution in [0.3, 0.4) is 0 Å². The molecule has 3 aliphatic heterocycles. The minimum absolute atomic E-state index is 0.0217. The first kappa shape index (κ1) is 39.0. The van der Waals surface area contributed by atoms with Crippen LogP contribution in [0.2, 0.25) is 0 Å². The number of nitrogens with zero attached hydrogens (tertiary/aromatic N) is 1. The van der Waals surface area contributed by atoms with Crippen molar-refractivity contribution in [2.24, 2.45) is 35.5 Å². The van der Waals surface area contributed by atoms with Gasteiger partial charge in [0.05, 0.1) is 30.8 Å². The molecule has 51 heavy (non-hydrogen) atoms. The quantitative estimate of drug-likeness (QED) is 0.275. The van der Waals surface area contributed by atoms with Crippen LogP contribution in [0.5, 0.6) is 0 Å². The lowest BCUT2D eigenvalue weighted by Gasteiger charge is -2.42. The molecular weight excluding hydrogens is 654 g/mol. The fraction of sp³-hybridized carbons (Fsp3) is 0.850. The zero-order valence-corrected chi connectivity index (χ0v) is 32.0. The van der Waals surface area contributed by atoms with Crippen LogP contribution in [0.4, 0.5) is 0 Å². The van der Waals surface area contributed by atoms with E-state index >= 15 is 0 Å². The summed E-state index contributed by atoms with van der Waals surface area (Å²) in [6, 6.07) is 0.333. The molecule has 3 aliphatic carbocycles. The molecule has 11 heteroatoms. The van der Waals surface area contributed by atoms with Gasteiger partial charge >= 0.3 is 5.97 Å². The Balaban J connectivity index is 1.20. The highest BCUT2D eigenvalue weighted by Gasteiger charge is 2.52. The summed E-state index contributed by atoms with van der Waals surface area (Å²) in [7, 11) is 7.32. The van der Waals surface area contributed by atoms with Crippen LogP contribution in [0.25, 0.3) is 0 Å². The number of hydrogen-bond acceptors (Lipinski definition) is 11. The molecule has 17 atom stereocenters. The second-order valence-electron chi connectivity index (χ2n) is 16.3. The number of ether oxygens (including phenoxy) is 7. The highest BCUT2D eigenvalue weighted by molar-refractivity contribution is 5.99. The highest BCUT2D eigenvalue weighted by Crippen LogP contribution is 2.54. The maximum atomic E-state index is 14.6. The SMILES string of the molecule is CCC1CCCC(OC2CCC(N(C)C)C(C)O2)C(C)C(=O)C2=CC3C(C=CC4CC(OC5OC(C)C(OC)C(OC)C5O)CC43)C2CC(=O)O1. The van der Waals surface area contributed by atoms with Gasteiger partial charge in [-0.3, -0.25) is 9.59 Å². The monoisotopic (exact) mass is 717 g/mol. The fourth-order valence-corrected chi connectivity index (χ4v) is 10.2. The van der Waals surface area contributed by atoms with Crippen molar-refractivity contribution >= 4 is 11.8 Å². The van der Waals surface area contributed by atoms with E-state index in [4.69, 9.17) is 33.2 Å². The number of methoxy groups -OCH3 is 2. The average molecular weight is 718 g/mol. The van der Waals surface area contributed by atoms with E-state index in [2.05, 4.69) is 51.1 Å². The van der Waals surface area contributed by atoms with Gasteiger partial charge in [0.25, 0.3) is 0 Å². The van der Waals surface area contributed by atoms with Crippen LogP contribution in [-0.4, -0.2) is 118 Å². The summed E-state index contributed by atoms with van der Waals surface area (Å²) in [5.41, 5.74) is 0.741. The molecule has 0 amide bonds. The van der Waals surface area contributed by atoms with Gasteiger partial charge in [0, 0.05) is 32.1 Å². The van der Waals surface area contributed by atoms with Gasteiger partial charge in [-0.2, -0.15) is 0 Å². The van der Waals surface area contributed by atoms with Gasteiger partial charge < -0.3 is 43.2 Å². The van der Waals surface area contributed by atoms with Gasteiger partial charge in [-0.1, -0.05) is 32.1 Å². The predicted molar refractivity (Wildman–Crippen MR) is 189 cm³/mol. The number of cyclic esters (lactones) is 1. The van der Waals surface area contributed by atoms with Gasteiger partial charge in [-0.05, 0) is 109 Å². The Hall–Kier alpha value is -1.70. The minimum atomic E-state index is -0.990. The van der Waals surface area contributed by atoms with E-state index in [1.54, 1.807) is 14.2 Å². The van der Waals surface area contributed by atoms with Gasteiger partial charge in [0.2, 0.25) is 0 Å². The summed E-state index contributed by atoms with van der Waals surface area (Å²) in [6.07, 6.45) is 9.18. The van der Waals surface area contributed by atoms with Crippen molar-refractivity contribution in [2.45, 2.75) is 153 Å². The fourth-order valence-electron chi connectivity index (χ4n) is 10.2. The van der Waals surface area contributed by atoms with Crippen molar-refractivity contribution in [1.82, 2.24) is 4.90 Å². The number of rotatable bonds is 8. The molecule has 0 spiro atoms. The van der Waals surface area contributed by atoms with E-state index in [9.17, 15) is 14.7 Å². The van der Waals surface area contributed by atoms with E-state index in [0.717, 1.165) is 50.5 Å². The molecule has 1 N–H and O–H groups in total. The number of hydrogen-bond donors (Lipinski definition) is 1. The van der Waals surface area contributed by atoms with E-state index in [-0.39, 0.29) is 90.5 Å². The number of ketones is 1. The third kappa shape index (κ3) is 8.21. The molecule has 1 saturated carbocycles. The van der Waals surface area contributed by atoms with Crippen LogP contribution < -0.4 is 0 Å². The summed E-state index contributed by atoms with van der Waals surface area (Å²) >= 11 is 0. The number of fused-ring (bicyclic) bond motifs is 5. The second-order valence-corrected chi connectivity index (χ2v) is 16.3. The topological polar surface area (TPSA) is 122 Å². The molecule has 0 aromatic carbocycles. The van der Waals surface area contributed by atoms with Gasteiger partial charge in [-0.25, -0.2) is 0 Å². The number of allylic oxidation sites excluding steroid dienone is 4. The maximum absolute atomic E-state index is 14.6. The van der Waals surface area contributed by atoms with Crippen molar-refractivity contribution in [1.29, 1.82) is 0 Å². The molecule has 3 saturated heterocycles. The first-order valence-corrected chi connectivity index (χ1v) is 19.6. The van der Waals surface area contributed by atoms with Crippen LogP contribution in [-0.2, 0) is 42.7 Å². The summed E-state index contributed by atoms with van der Waals surface area (Å²) in [5.74, 6) is -0.183. The standard InChI is InChI=1S/C40H63NO10/c1-9-25-11-10-12-33(51-35-16-15-32(41(5)6)22(3)47-35)21(2)36(43)31-19-29-27(30(31)20-34(42)49-25)14-13-24-17-26(18-28(24)29)50-40-37(44)39(46-8)38(45-7)23(4)48-40/h13-14,19,21-30,32-33,35,37-40,44H,9-12,15-18,20H2,1-8H3. The van der Waals surface area contributed by atoms with Crippen molar-refractivity contribution in [2.75, 3.05) is 28.3 Å². The van der Waals surface area contributed by atoms with Gasteiger partial charge in [0.1, 0.15) is 24.4 Å². The molecule has 6 aliphatic rings. The summed E-state index contributed by atoms with van der Waals surface area (Å²) < 4.78 is 42.8. The molecule has 11 nitrogen and oxygen atoms in total. The molecule has 6 rings (SSSR count). The molecule has 4 fully saturated rings. The summed E-state index contributed by atoms with van der Waals surface area (Å²) in [6.45, 7) is 8.06. The lowest BCUT2D eigenvalue weighted by molar-refractivity contribution is -0.310. The Morgan fingerprint density at radius 1 is 0.902 bits per heavy atom. The molecule has 3 heterocycles. The Labute approximate surface area is 304 Å². The Kier molecular flexibility index (Phi) is 12.8. The Morgan fingerprint density at radius 3 is 2.35 bits per heavy atom. The smallest absolute Gasteiger partial charge is 0.306 e. The molecular formula is C40H63NO10. The average Bonchev–Trinajstić information content (AvgIpc) is 3.68. The van der Waals surface area contributed by atoms with Crippen LogP contribution in [0, 0.1) is 35.5 Å². The molecule has 0 bridgehead atoms. The van der Waals surface area contributed by atoms with Crippen molar-refractivity contribution in [3.63, 3.8) is 0 Å². The third-order valence-corrected chi connectivity index (χ3v) is 13.0. The number of likely N-dealkylation sites (N-methyl/N-ethyl adjacent to an activating group) is 1. The third-order valence-electron chi connectivity index (χ3n) is 13.0. The zero-order valence-electron chi connectivity index (χ0n) is 32.0. The lowest BCUT2D eigenvalue weighted by atomic mass is 9.70. The molecule has 0 aromatic heterocycles. The van der Waals surface area contributed by atoms with Crippen molar-refractivity contribution in [3.8, 4) is 0 Å². The largest absolute Gasteiger partial charge is 0.462 e. The predicted octanol–water partition coefficient (Wildman–Crippen LogP) is 4.83. The van der Waals surface area contributed by atoms with E-state index in [1.165, 1.54) is 0 Å². The van der Waals surface area contributed by atoms with E-state index in [0.29, 0.717) is 12.5 Å². The van der Waals surface area contributed by atoms with Crippen LogP contribution in [0.1, 0.15) is 85.5 Å². The molecule has 288 valence electrons. The lowest BCUT2D eigenvalue weighted by Crippen LogP contribution is -2.59. The normalized spacial score (nSPS) is 46.4. The first-order chi connectivity index (χ1) is 24.4. The first-order valence-electron chi connectivity index (χ1n) is 19.6. The Morgan fingerprint density at radius 2 is 1.67 bits per heavy atom. The summed E-state index contributed by atoms with van der Waals surface area (Å²) in [5, 5.41) is 11.1. The van der Waals surface area contributed by atoms with E-state index in [1.807, 2.05) is 13.8 Å². The van der Waals surface area contributed by atoms with E-state index < -0.39 is 24.6 Å². The van der Waals surface area contributed by atoms with Crippen LogP contribution >= 0.6 is 0 Å². The van der Waals surface area contributed by atoms with Crippen molar-refractivity contribution in [3.05, 3.63) is 23.8 Å². The number of Topliss-reactive ketones (excluding diaryl/α,β-unsaturated/α-hetero) is 1. The number of esters is 1. The summed E-state index contributed by atoms with van der Waals surface area (Å²) in [4.78, 5) is 30.3. The number of aliphatic hydroxyl groups is 1. The number of carbonyl (C=O) groups is 2. The maximum Gasteiger partial charge on any atom is 0.306 e. The zero-order chi connectivity index (χ0) is 36.6. The van der Waals surface area contributed by atoms with Crippen LogP contribution in [0.15, 0.2) is 23.8 Å². The molecule has 17 unspecified atom stereocenters. The Bertz CT molecular complexity index is 1270. The van der Waals surface area contributed by atoms with Gasteiger partial charge in [0.15, 0.2) is 18.4 Å². The number of aliphatic hydroxyl groups excluding tert-OH is 1. The molecule has 0 aromatic rings.